The van der Waals surface area contributed by atoms with Gasteiger partial charge in [0.05, 0.1) is 17.5 Å². The summed E-state index contributed by atoms with van der Waals surface area (Å²) < 4.78 is 20.7. The molecule has 0 unspecified atom stereocenters. The Morgan fingerprint density at radius 1 is 1.07 bits per heavy atom. The Morgan fingerprint density at radius 3 is 2.59 bits per heavy atom. The number of ether oxygens (including phenoxy) is 1. The molecule has 0 radical (unpaired) electrons. The minimum Gasteiger partial charge on any atom is -0.464 e. The molecule has 27 heavy (non-hydrogen) atoms. The maximum Gasteiger partial charge on any atom is 0.332 e. The van der Waals surface area contributed by atoms with Gasteiger partial charge in [0.2, 0.25) is 0 Å². The van der Waals surface area contributed by atoms with Gasteiger partial charge < -0.3 is 4.74 Å². The van der Waals surface area contributed by atoms with Crippen LogP contribution in [0.25, 0.3) is 10.9 Å². The average molecular weight is 370 g/mol. The fourth-order valence-corrected chi connectivity index (χ4v) is 2.95. The highest BCUT2D eigenvalue weighted by Crippen LogP contribution is 2.08. The van der Waals surface area contributed by atoms with Gasteiger partial charge in [-0.05, 0) is 36.8 Å². The highest BCUT2D eigenvalue weighted by Gasteiger charge is 2.15. The van der Waals surface area contributed by atoms with E-state index in [4.69, 9.17) is 4.74 Å². The molecule has 0 fully saturated rings. The standard InChI is InChI=1S/C20H19FN2O4/c1-2-22-19(25)16-8-3-4-9-17(16)23(20(22)26)13-18(24)27-11-10-14-6-5-7-15(21)12-14/h3-9,12H,2,10-11,13H2,1H3. The van der Waals surface area contributed by atoms with Gasteiger partial charge in [-0.1, -0.05) is 24.3 Å². The summed E-state index contributed by atoms with van der Waals surface area (Å²) in [7, 11) is 0. The van der Waals surface area contributed by atoms with Crippen LogP contribution in [0.3, 0.4) is 0 Å². The van der Waals surface area contributed by atoms with Crippen LogP contribution in [0.2, 0.25) is 0 Å². The van der Waals surface area contributed by atoms with Crippen LogP contribution in [0.1, 0.15) is 12.5 Å². The van der Waals surface area contributed by atoms with Gasteiger partial charge in [0.25, 0.3) is 5.56 Å². The molecule has 7 heteroatoms. The molecule has 0 saturated carbocycles. The molecule has 140 valence electrons. The molecule has 0 saturated heterocycles. The van der Waals surface area contributed by atoms with Crippen molar-refractivity contribution in [3.8, 4) is 0 Å². The van der Waals surface area contributed by atoms with E-state index >= 15 is 0 Å². The normalized spacial score (nSPS) is 10.9. The predicted molar refractivity (Wildman–Crippen MR) is 99.2 cm³/mol. The Labute approximate surface area is 154 Å². The van der Waals surface area contributed by atoms with Crippen LogP contribution in [0.4, 0.5) is 4.39 Å². The summed E-state index contributed by atoms with van der Waals surface area (Å²) in [5.41, 5.74) is 0.168. The molecule has 0 aliphatic carbocycles. The highest BCUT2D eigenvalue weighted by molar-refractivity contribution is 5.79. The molecule has 0 atom stereocenters. The summed E-state index contributed by atoms with van der Waals surface area (Å²) >= 11 is 0. The first-order valence-electron chi connectivity index (χ1n) is 8.63. The van der Waals surface area contributed by atoms with Gasteiger partial charge in [-0.25, -0.2) is 9.18 Å². The molecule has 0 spiro atoms. The zero-order valence-electron chi connectivity index (χ0n) is 14.9. The minimum absolute atomic E-state index is 0.0718. The zero-order chi connectivity index (χ0) is 19.4. The smallest absolute Gasteiger partial charge is 0.332 e. The van der Waals surface area contributed by atoms with Crippen molar-refractivity contribution in [3.05, 3.63) is 80.7 Å². The third-order valence-electron chi connectivity index (χ3n) is 4.28. The number of benzene rings is 2. The third-order valence-corrected chi connectivity index (χ3v) is 4.28. The summed E-state index contributed by atoms with van der Waals surface area (Å²) in [6, 6.07) is 12.7. The van der Waals surface area contributed by atoms with E-state index in [1.54, 1.807) is 43.3 Å². The Bertz CT molecular complexity index is 1100. The second kappa shape index (κ2) is 7.99. The molecule has 0 amide bonds. The number of carbonyl (C=O) groups excluding carboxylic acids is 1. The van der Waals surface area contributed by atoms with Crippen molar-refractivity contribution in [1.82, 2.24) is 9.13 Å². The van der Waals surface area contributed by atoms with E-state index in [-0.39, 0.29) is 31.1 Å². The van der Waals surface area contributed by atoms with Crippen molar-refractivity contribution in [3.63, 3.8) is 0 Å². The fourth-order valence-electron chi connectivity index (χ4n) is 2.95. The molecular weight excluding hydrogens is 351 g/mol. The van der Waals surface area contributed by atoms with E-state index in [1.165, 1.54) is 16.7 Å². The third kappa shape index (κ3) is 3.97. The molecule has 3 aromatic rings. The van der Waals surface area contributed by atoms with E-state index in [0.29, 0.717) is 22.9 Å². The van der Waals surface area contributed by atoms with Crippen molar-refractivity contribution in [1.29, 1.82) is 0 Å². The Morgan fingerprint density at radius 2 is 1.85 bits per heavy atom. The number of fused-ring (bicyclic) bond motifs is 1. The SMILES string of the molecule is CCn1c(=O)c2ccccc2n(CC(=O)OCCc2cccc(F)c2)c1=O. The van der Waals surface area contributed by atoms with E-state index in [1.807, 2.05) is 0 Å². The lowest BCUT2D eigenvalue weighted by molar-refractivity contribution is -0.144. The number of nitrogens with zero attached hydrogens (tertiary/aromatic N) is 2. The van der Waals surface area contributed by atoms with Crippen LogP contribution in [0.15, 0.2) is 58.1 Å². The van der Waals surface area contributed by atoms with Gasteiger partial charge in [-0.3, -0.25) is 18.7 Å². The number of aromatic nitrogens is 2. The van der Waals surface area contributed by atoms with E-state index in [9.17, 15) is 18.8 Å². The number of hydrogen-bond acceptors (Lipinski definition) is 4. The first-order chi connectivity index (χ1) is 13.0. The van der Waals surface area contributed by atoms with Crippen molar-refractivity contribution in [2.24, 2.45) is 0 Å². The summed E-state index contributed by atoms with van der Waals surface area (Å²) in [5.74, 6) is -0.946. The van der Waals surface area contributed by atoms with Crippen LogP contribution < -0.4 is 11.2 Å². The van der Waals surface area contributed by atoms with E-state index in [0.717, 1.165) is 4.57 Å². The minimum atomic E-state index is -0.597. The first-order valence-corrected chi connectivity index (χ1v) is 8.63. The molecule has 1 heterocycles. The second-order valence-corrected chi connectivity index (χ2v) is 6.04. The monoisotopic (exact) mass is 370 g/mol. The van der Waals surface area contributed by atoms with Gasteiger partial charge in [-0.2, -0.15) is 0 Å². The lowest BCUT2D eigenvalue weighted by atomic mass is 10.2. The Kier molecular flexibility index (Phi) is 5.49. The van der Waals surface area contributed by atoms with Crippen LogP contribution >= 0.6 is 0 Å². The van der Waals surface area contributed by atoms with Gasteiger partial charge in [0.15, 0.2) is 0 Å². The lowest BCUT2D eigenvalue weighted by Crippen LogP contribution is -2.40. The molecule has 0 aliphatic rings. The molecule has 3 rings (SSSR count). The van der Waals surface area contributed by atoms with Crippen molar-refractivity contribution >= 4 is 16.9 Å². The van der Waals surface area contributed by atoms with Crippen molar-refractivity contribution < 1.29 is 13.9 Å². The van der Waals surface area contributed by atoms with E-state index < -0.39 is 11.7 Å². The molecule has 0 aliphatic heterocycles. The molecular formula is C20H19FN2O4. The molecule has 6 nitrogen and oxygen atoms in total. The lowest BCUT2D eigenvalue weighted by Gasteiger charge is -2.13. The number of rotatable bonds is 6. The topological polar surface area (TPSA) is 70.3 Å². The van der Waals surface area contributed by atoms with Gasteiger partial charge in [0.1, 0.15) is 12.4 Å². The first kappa shape index (κ1) is 18.6. The fraction of sp³-hybridized carbons (Fsp3) is 0.250. The Hall–Kier alpha value is -3.22. The van der Waals surface area contributed by atoms with Crippen molar-refractivity contribution in [2.75, 3.05) is 6.61 Å². The summed E-state index contributed by atoms with van der Waals surface area (Å²) in [5, 5.41) is 0.367. The van der Waals surface area contributed by atoms with E-state index in [2.05, 4.69) is 0 Å². The summed E-state index contributed by atoms with van der Waals surface area (Å²) in [4.78, 5) is 37.2. The predicted octanol–water partition coefficient (Wildman–Crippen LogP) is 2.11. The molecule has 0 bridgehead atoms. The number of esters is 1. The van der Waals surface area contributed by atoms with Gasteiger partial charge in [-0.15, -0.1) is 0 Å². The maximum atomic E-state index is 13.2. The number of carbonyl (C=O) groups is 1. The van der Waals surface area contributed by atoms with Crippen LogP contribution in [0.5, 0.6) is 0 Å². The molecule has 0 N–H and O–H groups in total. The van der Waals surface area contributed by atoms with Crippen LogP contribution in [-0.4, -0.2) is 21.7 Å². The largest absolute Gasteiger partial charge is 0.464 e. The highest BCUT2D eigenvalue weighted by atomic mass is 19.1. The zero-order valence-corrected chi connectivity index (χ0v) is 14.9. The van der Waals surface area contributed by atoms with Crippen molar-refractivity contribution in [2.45, 2.75) is 26.4 Å². The number of para-hydroxylation sites is 1. The number of halogens is 1. The van der Waals surface area contributed by atoms with Gasteiger partial charge in [0, 0.05) is 13.0 Å². The number of hydrogen-bond donors (Lipinski definition) is 0. The maximum absolute atomic E-state index is 13.2. The Balaban J connectivity index is 1.79. The summed E-state index contributed by atoms with van der Waals surface area (Å²) in [6.07, 6.45) is 0.369. The average Bonchev–Trinajstić information content (AvgIpc) is 2.66. The van der Waals surface area contributed by atoms with Gasteiger partial charge >= 0.3 is 11.7 Å². The molecule has 1 aromatic heterocycles. The quantitative estimate of drug-likeness (QED) is 0.623. The second-order valence-electron chi connectivity index (χ2n) is 6.04. The van der Waals surface area contributed by atoms with Crippen LogP contribution in [-0.2, 0) is 29.0 Å². The van der Waals surface area contributed by atoms with Crippen LogP contribution in [0, 0.1) is 5.82 Å². The molecule has 2 aromatic carbocycles. The summed E-state index contributed by atoms with van der Waals surface area (Å²) in [6.45, 7) is 1.67.